The first kappa shape index (κ1) is 12.2. The van der Waals surface area contributed by atoms with E-state index in [0.717, 1.165) is 38.3 Å². The van der Waals surface area contributed by atoms with Gasteiger partial charge in [-0.15, -0.1) is 0 Å². The van der Waals surface area contributed by atoms with Gasteiger partial charge < -0.3 is 15.4 Å². The molecule has 2 N–H and O–H groups in total. The quantitative estimate of drug-likeness (QED) is 0.762. The lowest BCUT2D eigenvalue weighted by molar-refractivity contribution is -0.142. The first-order valence-corrected chi connectivity index (χ1v) is 6.61. The number of cyclic esters (lactones) is 1. The lowest BCUT2D eigenvalue weighted by atomic mass is 10.1. The van der Waals surface area contributed by atoms with Crippen molar-refractivity contribution in [1.82, 2.24) is 9.88 Å². The number of hydrogen-bond acceptors (Lipinski definition) is 6. The number of ether oxygens (including phenoxy) is 1. The average Bonchev–Trinajstić information content (AvgIpc) is 2.86. The van der Waals surface area contributed by atoms with Gasteiger partial charge in [-0.25, -0.2) is 0 Å². The van der Waals surface area contributed by atoms with Gasteiger partial charge in [0.05, 0.1) is 24.2 Å². The molecule has 6 nitrogen and oxygen atoms in total. The van der Waals surface area contributed by atoms with Crippen LogP contribution in [0.3, 0.4) is 0 Å². The Morgan fingerprint density at radius 1 is 1.32 bits per heavy atom. The van der Waals surface area contributed by atoms with Crippen LogP contribution in [0.5, 0.6) is 0 Å². The number of nitrogens with two attached hydrogens (primary N) is 1. The molecule has 1 aromatic heterocycles. The summed E-state index contributed by atoms with van der Waals surface area (Å²) in [7, 11) is 0. The van der Waals surface area contributed by atoms with Gasteiger partial charge in [-0.3, -0.25) is 14.7 Å². The number of nitrogen functional groups attached to an aromatic ring is 1. The number of pyridine rings is 1. The summed E-state index contributed by atoms with van der Waals surface area (Å²) in [5, 5.41) is 0. The van der Waals surface area contributed by atoms with E-state index in [-0.39, 0.29) is 12.0 Å². The van der Waals surface area contributed by atoms with E-state index in [1.54, 1.807) is 12.4 Å². The van der Waals surface area contributed by atoms with Crippen LogP contribution in [0.4, 0.5) is 11.4 Å². The molecular formula is C13H18N4O2. The third kappa shape index (κ3) is 2.35. The molecule has 1 unspecified atom stereocenters. The Labute approximate surface area is 112 Å². The fourth-order valence-electron chi connectivity index (χ4n) is 2.78. The fraction of sp³-hybridized carbons (Fsp3) is 0.538. The number of carbonyl (C=O) groups is 1. The van der Waals surface area contributed by atoms with E-state index in [9.17, 15) is 4.79 Å². The number of nitrogens with zero attached hydrogens (tertiary/aromatic N) is 3. The van der Waals surface area contributed by atoms with Crippen molar-refractivity contribution in [2.24, 2.45) is 0 Å². The minimum Gasteiger partial charge on any atom is -0.464 e. The fourth-order valence-corrected chi connectivity index (χ4v) is 2.78. The van der Waals surface area contributed by atoms with E-state index in [2.05, 4.69) is 14.8 Å². The molecule has 2 saturated heterocycles. The van der Waals surface area contributed by atoms with Gasteiger partial charge in [0.25, 0.3) is 0 Å². The Balaban J connectivity index is 1.63. The van der Waals surface area contributed by atoms with Crippen LogP contribution in [-0.4, -0.2) is 54.7 Å². The maximum absolute atomic E-state index is 11.6. The molecule has 2 aliphatic rings. The van der Waals surface area contributed by atoms with E-state index in [4.69, 9.17) is 10.5 Å². The Morgan fingerprint density at radius 2 is 2.11 bits per heavy atom. The molecule has 0 spiro atoms. The first-order valence-electron chi connectivity index (χ1n) is 6.61. The second-order valence-electron chi connectivity index (χ2n) is 4.93. The normalized spacial score (nSPS) is 24.5. The van der Waals surface area contributed by atoms with Gasteiger partial charge >= 0.3 is 5.97 Å². The smallest absolute Gasteiger partial charge is 0.323 e. The Morgan fingerprint density at radius 3 is 2.74 bits per heavy atom. The third-order valence-electron chi connectivity index (χ3n) is 3.83. The van der Waals surface area contributed by atoms with Crippen LogP contribution >= 0.6 is 0 Å². The lowest BCUT2D eigenvalue weighted by Gasteiger charge is -2.38. The van der Waals surface area contributed by atoms with Crippen molar-refractivity contribution < 1.29 is 9.53 Å². The van der Waals surface area contributed by atoms with Gasteiger partial charge in [0.2, 0.25) is 0 Å². The molecule has 1 aromatic rings. The van der Waals surface area contributed by atoms with Crippen LogP contribution in [0.1, 0.15) is 6.42 Å². The van der Waals surface area contributed by atoms with Crippen LogP contribution in [0.25, 0.3) is 0 Å². The summed E-state index contributed by atoms with van der Waals surface area (Å²) in [5.41, 5.74) is 7.67. The van der Waals surface area contributed by atoms with E-state index >= 15 is 0 Å². The molecule has 3 heterocycles. The van der Waals surface area contributed by atoms with Gasteiger partial charge in [0.15, 0.2) is 0 Å². The van der Waals surface area contributed by atoms with Crippen molar-refractivity contribution in [3.63, 3.8) is 0 Å². The summed E-state index contributed by atoms with van der Waals surface area (Å²) < 4.78 is 5.03. The highest BCUT2D eigenvalue weighted by atomic mass is 16.5. The van der Waals surface area contributed by atoms with Gasteiger partial charge in [-0.1, -0.05) is 0 Å². The zero-order valence-electron chi connectivity index (χ0n) is 10.8. The highest BCUT2D eigenvalue weighted by molar-refractivity contribution is 5.77. The summed E-state index contributed by atoms with van der Waals surface area (Å²) in [6.07, 6.45) is 4.25. The van der Waals surface area contributed by atoms with Crippen molar-refractivity contribution in [3.8, 4) is 0 Å². The zero-order chi connectivity index (χ0) is 13.2. The highest BCUT2D eigenvalue weighted by Crippen LogP contribution is 2.24. The molecule has 6 heteroatoms. The number of aromatic nitrogens is 1. The van der Waals surface area contributed by atoms with Gasteiger partial charge in [-0.05, 0) is 6.07 Å². The Bertz CT molecular complexity index is 471. The number of anilines is 2. The minimum absolute atomic E-state index is 0.0445. The van der Waals surface area contributed by atoms with E-state index in [0.29, 0.717) is 12.3 Å². The highest BCUT2D eigenvalue weighted by Gasteiger charge is 2.34. The summed E-state index contributed by atoms with van der Waals surface area (Å²) >= 11 is 0. The van der Waals surface area contributed by atoms with Crippen LogP contribution in [0.15, 0.2) is 18.5 Å². The molecule has 3 rings (SSSR count). The van der Waals surface area contributed by atoms with E-state index in [1.165, 1.54) is 0 Å². The molecule has 0 bridgehead atoms. The first-order chi connectivity index (χ1) is 9.25. The predicted molar refractivity (Wildman–Crippen MR) is 71.8 cm³/mol. The van der Waals surface area contributed by atoms with Crippen molar-refractivity contribution in [2.45, 2.75) is 12.5 Å². The number of rotatable bonds is 2. The summed E-state index contributed by atoms with van der Waals surface area (Å²) in [5.74, 6) is -0.0723. The topological polar surface area (TPSA) is 71.7 Å². The third-order valence-corrected chi connectivity index (χ3v) is 3.83. The Hall–Kier alpha value is -1.82. The molecule has 2 fully saturated rings. The van der Waals surface area contributed by atoms with Crippen molar-refractivity contribution in [2.75, 3.05) is 43.4 Å². The number of esters is 1. The number of piperazine rings is 1. The predicted octanol–water partition coefficient (Wildman–Crippen LogP) is 0.101. The zero-order valence-corrected chi connectivity index (χ0v) is 10.8. The largest absolute Gasteiger partial charge is 0.464 e. The van der Waals surface area contributed by atoms with Gasteiger partial charge in [0, 0.05) is 38.8 Å². The number of carbonyl (C=O) groups excluding carboxylic acids is 1. The summed E-state index contributed by atoms with van der Waals surface area (Å²) in [6, 6.07) is 1.89. The molecular weight excluding hydrogens is 244 g/mol. The molecule has 19 heavy (non-hydrogen) atoms. The molecule has 0 saturated carbocycles. The molecule has 102 valence electrons. The molecule has 2 aliphatic heterocycles. The minimum atomic E-state index is -0.0723. The van der Waals surface area contributed by atoms with Crippen molar-refractivity contribution in [3.05, 3.63) is 18.5 Å². The second-order valence-corrected chi connectivity index (χ2v) is 4.93. The summed E-state index contributed by atoms with van der Waals surface area (Å²) in [4.78, 5) is 20.0. The average molecular weight is 262 g/mol. The lowest BCUT2D eigenvalue weighted by Crippen LogP contribution is -2.51. The monoisotopic (exact) mass is 262 g/mol. The van der Waals surface area contributed by atoms with Crippen LogP contribution < -0.4 is 10.6 Å². The van der Waals surface area contributed by atoms with Crippen LogP contribution in [-0.2, 0) is 9.53 Å². The maximum atomic E-state index is 11.6. The second kappa shape index (κ2) is 5.05. The van der Waals surface area contributed by atoms with Gasteiger partial charge in [-0.2, -0.15) is 0 Å². The SMILES string of the molecule is Nc1cnccc1N1CCN(C2CCOC2=O)CC1. The number of hydrogen-bond donors (Lipinski definition) is 1. The van der Waals surface area contributed by atoms with Gasteiger partial charge in [0.1, 0.15) is 6.04 Å². The molecule has 0 aliphatic carbocycles. The molecule has 0 radical (unpaired) electrons. The van der Waals surface area contributed by atoms with Crippen molar-refractivity contribution in [1.29, 1.82) is 0 Å². The molecule has 0 aromatic carbocycles. The Kier molecular flexibility index (Phi) is 3.25. The van der Waals surface area contributed by atoms with Crippen LogP contribution in [0.2, 0.25) is 0 Å². The van der Waals surface area contributed by atoms with E-state index in [1.807, 2.05) is 6.07 Å². The van der Waals surface area contributed by atoms with E-state index < -0.39 is 0 Å². The molecule has 1 atom stereocenters. The maximum Gasteiger partial charge on any atom is 0.323 e. The standard InChI is InChI=1S/C13H18N4O2/c14-10-9-15-3-1-11(10)16-4-6-17(7-5-16)12-2-8-19-13(12)18/h1,3,9,12H,2,4-8,14H2. The molecule has 0 amide bonds. The summed E-state index contributed by atoms with van der Waals surface area (Å²) in [6.45, 7) is 4.03. The van der Waals surface area contributed by atoms with Crippen molar-refractivity contribution >= 4 is 17.3 Å². The van der Waals surface area contributed by atoms with Crippen LogP contribution in [0, 0.1) is 0 Å².